The summed E-state index contributed by atoms with van der Waals surface area (Å²) in [6, 6.07) is 8.61. The SMILES string of the molecule is CCOCCNCCOc1ccc(CCN2CCN(C(=O)c3ccc(C(F)(F)F)cc3)CC2)c(C)c1C. The van der Waals surface area contributed by atoms with Gasteiger partial charge in [0.2, 0.25) is 0 Å². The molecular weight excluding hydrogens is 483 g/mol. The molecule has 2 aromatic carbocycles. The fraction of sp³-hybridized carbons (Fsp3) is 0.536. The molecule has 37 heavy (non-hydrogen) atoms. The number of carbonyl (C=O) groups is 1. The quantitative estimate of drug-likeness (QED) is 0.422. The molecule has 204 valence electrons. The third-order valence-corrected chi connectivity index (χ3v) is 6.83. The number of carbonyl (C=O) groups excluding carboxylic acids is 1. The van der Waals surface area contributed by atoms with E-state index in [0.717, 1.165) is 69.2 Å². The molecule has 9 heteroatoms. The van der Waals surface area contributed by atoms with Crippen LogP contribution >= 0.6 is 0 Å². The van der Waals surface area contributed by atoms with E-state index in [1.807, 2.05) is 13.0 Å². The van der Waals surface area contributed by atoms with E-state index in [4.69, 9.17) is 9.47 Å². The van der Waals surface area contributed by atoms with Gasteiger partial charge in [-0.15, -0.1) is 0 Å². The van der Waals surface area contributed by atoms with Crippen LogP contribution in [0.25, 0.3) is 0 Å². The van der Waals surface area contributed by atoms with Gasteiger partial charge in [0.25, 0.3) is 5.91 Å². The van der Waals surface area contributed by atoms with E-state index in [1.54, 1.807) is 4.90 Å². The molecule has 1 saturated heterocycles. The Morgan fingerprint density at radius 2 is 1.62 bits per heavy atom. The van der Waals surface area contributed by atoms with Crippen LogP contribution in [-0.4, -0.2) is 81.3 Å². The Hall–Kier alpha value is -2.62. The molecule has 1 amide bonds. The average molecular weight is 522 g/mol. The van der Waals surface area contributed by atoms with E-state index in [0.29, 0.717) is 26.3 Å². The number of halogens is 3. The second-order valence-corrected chi connectivity index (χ2v) is 9.23. The van der Waals surface area contributed by atoms with Crippen molar-refractivity contribution in [2.24, 2.45) is 0 Å². The molecule has 0 aromatic heterocycles. The summed E-state index contributed by atoms with van der Waals surface area (Å²) in [5.74, 6) is 0.683. The van der Waals surface area contributed by atoms with E-state index in [1.165, 1.54) is 23.3 Å². The van der Waals surface area contributed by atoms with E-state index in [-0.39, 0.29) is 11.5 Å². The average Bonchev–Trinajstić information content (AvgIpc) is 2.89. The van der Waals surface area contributed by atoms with Crippen LogP contribution in [-0.2, 0) is 17.3 Å². The molecular formula is C28H38F3N3O3. The molecule has 0 radical (unpaired) electrons. The van der Waals surface area contributed by atoms with Gasteiger partial charge in [0.05, 0.1) is 12.2 Å². The van der Waals surface area contributed by atoms with Gasteiger partial charge >= 0.3 is 6.18 Å². The second-order valence-electron chi connectivity index (χ2n) is 9.23. The van der Waals surface area contributed by atoms with Gasteiger partial charge < -0.3 is 19.7 Å². The van der Waals surface area contributed by atoms with Crippen molar-refractivity contribution in [1.29, 1.82) is 0 Å². The number of amides is 1. The third kappa shape index (κ3) is 8.45. The molecule has 0 aliphatic carbocycles. The Kier molecular flexibility index (Phi) is 10.8. The van der Waals surface area contributed by atoms with Crippen LogP contribution in [0.2, 0.25) is 0 Å². The third-order valence-electron chi connectivity index (χ3n) is 6.83. The second kappa shape index (κ2) is 13.8. The van der Waals surface area contributed by atoms with Crippen molar-refractivity contribution >= 4 is 5.91 Å². The van der Waals surface area contributed by atoms with Crippen LogP contribution < -0.4 is 10.1 Å². The molecule has 1 aliphatic rings. The van der Waals surface area contributed by atoms with Gasteiger partial charge in [-0.1, -0.05) is 6.07 Å². The molecule has 1 N–H and O–H groups in total. The Labute approximate surface area is 217 Å². The van der Waals surface area contributed by atoms with Crippen molar-refractivity contribution in [2.45, 2.75) is 33.4 Å². The van der Waals surface area contributed by atoms with Gasteiger partial charge in [-0.05, 0) is 74.2 Å². The molecule has 0 bridgehead atoms. The van der Waals surface area contributed by atoms with E-state index in [9.17, 15) is 18.0 Å². The number of nitrogens with one attached hydrogen (secondary N) is 1. The first-order chi connectivity index (χ1) is 17.7. The number of alkyl halides is 3. The zero-order valence-electron chi connectivity index (χ0n) is 22.0. The summed E-state index contributed by atoms with van der Waals surface area (Å²) in [6.45, 7) is 13.3. The van der Waals surface area contributed by atoms with Crippen molar-refractivity contribution in [2.75, 3.05) is 65.6 Å². The topological polar surface area (TPSA) is 54.0 Å². The lowest BCUT2D eigenvalue weighted by atomic mass is 9.99. The molecule has 0 saturated carbocycles. The zero-order valence-corrected chi connectivity index (χ0v) is 22.0. The fourth-order valence-corrected chi connectivity index (χ4v) is 4.36. The largest absolute Gasteiger partial charge is 0.492 e. The van der Waals surface area contributed by atoms with Crippen LogP contribution in [0.3, 0.4) is 0 Å². The van der Waals surface area contributed by atoms with Crippen molar-refractivity contribution < 1.29 is 27.4 Å². The van der Waals surface area contributed by atoms with Crippen molar-refractivity contribution in [3.8, 4) is 5.75 Å². The van der Waals surface area contributed by atoms with Gasteiger partial charge in [0.15, 0.2) is 0 Å². The fourth-order valence-electron chi connectivity index (χ4n) is 4.36. The normalized spacial score (nSPS) is 14.7. The van der Waals surface area contributed by atoms with Crippen LogP contribution in [0.5, 0.6) is 5.75 Å². The molecule has 1 aliphatic heterocycles. The Balaban J connectivity index is 1.42. The Morgan fingerprint density at radius 3 is 2.27 bits per heavy atom. The van der Waals surface area contributed by atoms with Gasteiger partial charge in [-0.3, -0.25) is 9.69 Å². The van der Waals surface area contributed by atoms with Crippen molar-refractivity contribution in [1.82, 2.24) is 15.1 Å². The van der Waals surface area contributed by atoms with Gasteiger partial charge in [-0.25, -0.2) is 0 Å². The summed E-state index contributed by atoms with van der Waals surface area (Å²) < 4.78 is 49.6. The minimum atomic E-state index is -4.40. The summed E-state index contributed by atoms with van der Waals surface area (Å²) in [7, 11) is 0. The first-order valence-electron chi connectivity index (χ1n) is 12.9. The van der Waals surface area contributed by atoms with E-state index < -0.39 is 11.7 Å². The maximum absolute atomic E-state index is 12.8. The van der Waals surface area contributed by atoms with Crippen molar-refractivity contribution in [3.05, 3.63) is 64.2 Å². The highest BCUT2D eigenvalue weighted by Gasteiger charge is 2.30. The predicted molar refractivity (Wildman–Crippen MR) is 138 cm³/mol. The maximum Gasteiger partial charge on any atom is 0.416 e. The lowest BCUT2D eigenvalue weighted by Gasteiger charge is -2.35. The van der Waals surface area contributed by atoms with E-state index >= 15 is 0 Å². The zero-order chi connectivity index (χ0) is 26.8. The minimum absolute atomic E-state index is 0.222. The molecule has 3 rings (SSSR count). The molecule has 0 unspecified atom stereocenters. The summed E-state index contributed by atoms with van der Waals surface area (Å²) in [5, 5.41) is 3.30. The molecule has 1 heterocycles. The monoisotopic (exact) mass is 521 g/mol. The number of ether oxygens (including phenoxy) is 2. The van der Waals surface area contributed by atoms with Crippen LogP contribution in [0.4, 0.5) is 13.2 Å². The highest BCUT2D eigenvalue weighted by atomic mass is 19.4. The maximum atomic E-state index is 12.8. The Bertz CT molecular complexity index is 1000. The molecule has 1 fully saturated rings. The first-order valence-corrected chi connectivity index (χ1v) is 12.9. The molecule has 0 atom stereocenters. The van der Waals surface area contributed by atoms with E-state index in [2.05, 4.69) is 30.1 Å². The van der Waals surface area contributed by atoms with Gasteiger partial charge in [0, 0.05) is 58.0 Å². The minimum Gasteiger partial charge on any atom is -0.492 e. The number of nitrogens with zero attached hydrogens (tertiary/aromatic N) is 2. The first kappa shape index (κ1) is 28.9. The lowest BCUT2D eigenvalue weighted by Crippen LogP contribution is -2.49. The number of hydrogen-bond donors (Lipinski definition) is 1. The number of benzene rings is 2. The van der Waals surface area contributed by atoms with Crippen LogP contribution in [0.15, 0.2) is 36.4 Å². The molecule has 6 nitrogen and oxygen atoms in total. The summed E-state index contributed by atoms with van der Waals surface area (Å²) in [4.78, 5) is 16.8. The lowest BCUT2D eigenvalue weighted by molar-refractivity contribution is -0.137. The smallest absolute Gasteiger partial charge is 0.416 e. The highest BCUT2D eigenvalue weighted by molar-refractivity contribution is 5.94. The predicted octanol–water partition coefficient (Wildman–Crippen LogP) is 4.33. The Morgan fingerprint density at radius 1 is 0.946 bits per heavy atom. The van der Waals surface area contributed by atoms with Crippen LogP contribution in [0, 0.1) is 13.8 Å². The number of piperazine rings is 1. The number of hydrogen-bond acceptors (Lipinski definition) is 5. The molecule has 0 spiro atoms. The molecule has 2 aromatic rings. The summed E-state index contributed by atoms with van der Waals surface area (Å²) in [5.41, 5.74) is 3.21. The highest BCUT2D eigenvalue weighted by Crippen LogP contribution is 2.29. The van der Waals surface area contributed by atoms with Crippen LogP contribution in [0.1, 0.15) is 39.5 Å². The number of rotatable bonds is 12. The van der Waals surface area contributed by atoms with Crippen molar-refractivity contribution in [3.63, 3.8) is 0 Å². The van der Waals surface area contributed by atoms with Gasteiger partial charge in [0.1, 0.15) is 12.4 Å². The van der Waals surface area contributed by atoms with Gasteiger partial charge in [-0.2, -0.15) is 13.2 Å². The summed E-state index contributed by atoms with van der Waals surface area (Å²) >= 11 is 0. The standard InChI is InChI=1S/C28H38F3N3O3/c1-4-36-19-12-32-13-20-37-26-10-7-23(21(2)22(26)3)11-14-33-15-17-34(18-16-33)27(35)24-5-8-25(9-6-24)28(29,30)31/h5-10,32H,4,11-20H2,1-3H3. The summed E-state index contributed by atoms with van der Waals surface area (Å²) in [6.07, 6.45) is -3.50.